The van der Waals surface area contributed by atoms with Gasteiger partial charge in [-0.3, -0.25) is 9.59 Å². The summed E-state index contributed by atoms with van der Waals surface area (Å²) in [5.41, 5.74) is -0.894. The average molecular weight is 267 g/mol. The van der Waals surface area contributed by atoms with E-state index in [4.69, 9.17) is 0 Å². The van der Waals surface area contributed by atoms with Gasteiger partial charge in [0.25, 0.3) is 0 Å². The Balaban J connectivity index is 1.99. The minimum atomic E-state index is -0.894. The number of rotatable bonds is 4. The Bertz CT molecular complexity index is 461. The van der Waals surface area contributed by atoms with E-state index in [0.29, 0.717) is 12.8 Å². The second kappa shape index (κ2) is 5.33. The first kappa shape index (κ1) is 13.4. The number of carboxylic acids is 1. The van der Waals surface area contributed by atoms with Gasteiger partial charge in [-0.15, -0.1) is 5.10 Å². The number of amides is 1. The van der Waals surface area contributed by atoms with E-state index >= 15 is 0 Å². The van der Waals surface area contributed by atoms with Crippen molar-refractivity contribution in [2.75, 3.05) is 0 Å². The molecule has 19 heavy (non-hydrogen) atoms. The van der Waals surface area contributed by atoms with Crippen molar-refractivity contribution in [1.82, 2.24) is 25.5 Å². The van der Waals surface area contributed by atoms with Crippen molar-refractivity contribution in [2.45, 2.75) is 45.2 Å². The highest BCUT2D eigenvalue weighted by Crippen LogP contribution is 2.36. The van der Waals surface area contributed by atoms with Crippen molar-refractivity contribution >= 4 is 11.9 Å². The maximum absolute atomic E-state index is 11.9. The Morgan fingerprint density at radius 3 is 2.95 bits per heavy atom. The summed E-state index contributed by atoms with van der Waals surface area (Å²) in [6.45, 7) is 1.69. The highest BCUT2D eigenvalue weighted by atomic mass is 16.4. The highest BCUT2D eigenvalue weighted by Gasteiger charge is 2.43. The number of hydrogen-bond donors (Lipinski definition) is 2. The molecule has 104 valence electrons. The Kier molecular flexibility index (Phi) is 3.77. The van der Waals surface area contributed by atoms with E-state index in [1.807, 2.05) is 0 Å². The summed E-state index contributed by atoms with van der Waals surface area (Å²) in [6.07, 6.45) is 4.42. The van der Waals surface area contributed by atoms with E-state index in [1.165, 1.54) is 11.0 Å². The minimum Gasteiger partial charge on any atom is -0.481 e. The van der Waals surface area contributed by atoms with E-state index in [0.717, 1.165) is 12.8 Å². The number of nitrogens with one attached hydrogen (secondary N) is 1. The zero-order chi connectivity index (χ0) is 13.9. The zero-order valence-electron chi connectivity index (χ0n) is 10.7. The number of carboxylic acid groups (broad SMARTS) is 1. The van der Waals surface area contributed by atoms with Gasteiger partial charge in [-0.05, 0) is 30.2 Å². The fraction of sp³-hybridized carbons (Fsp3) is 0.727. The number of aromatic nitrogens is 4. The molecule has 0 bridgehead atoms. The second-order valence-electron chi connectivity index (χ2n) is 5.10. The molecule has 1 aliphatic carbocycles. The lowest BCUT2D eigenvalue weighted by atomic mass is 9.71. The first-order valence-electron chi connectivity index (χ1n) is 6.26. The SMILES string of the molecule is CC1(C(=O)O)CCCCC1NC(=O)Cn1cnnn1. The summed E-state index contributed by atoms with van der Waals surface area (Å²) >= 11 is 0. The van der Waals surface area contributed by atoms with Gasteiger partial charge in [0, 0.05) is 6.04 Å². The van der Waals surface area contributed by atoms with Crippen molar-refractivity contribution < 1.29 is 14.7 Å². The maximum Gasteiger partial charge on any atom is 0.311 e. The molecule has 2 atom stereocenters. The molecule has 0 aromatic carbocycles. The van der Waals surface area contributed by atoms with Crippen LogP contribution in [-0.4, -0.2) is 43.2 Å². The standard InChI is InChI=1S/C11H17N5O3/c1-11(10(18)19)5-3-2-4-8(11)13-9(17)6-16-7-12-14-15-16/h7-8H,2-6H2,1H3,(H,13,17)(H,18,19). The van der Waals surface area contributed by atoms with Gasteiger partial charge in [-0.1, -0.05) is 12.8 Å². The minimum absolute atomic E-state index is 0.000795. The highest BCUT2D eigenvalue weighted by molar-refractivity contribution is 5.79. The summed E-state index contributed by atoms with van der Waals surface area (Å²) in [5, 5.41) is 22.6. The molecular formula is C11H17N5O3. The van der Waals surface area contributed by atoms with Gasteiger partial charge in [-0.25, -0.2) is 4.68 Å². The Labute approximate surface area is 110 Å². The van der Waals surface area contributed by atoms with E-state index in [9.17, 15) is 14.7 Å². The monoisotopic (exact) mass is 267 g/mol. The molecule has 1 aromatic heterocycles. The lowest BCUT2D eigenvalue weighted by molar-refractivity contribution is -0.152. The normalized spacial score (nSPS) is 26.9. The van der Waals surface area contributed by atoms with Crippen LogP contribution in [0.25, 0.3) is 0 Å². The van der Waals surface area contributed by atoms with Gasteiger partial charge < -0.3 is 10.4 Å². The van der Waals surface area contributed by atoms with Crippen molar-refractivity contribution in [3.63, 3.8) is 0 Å². The van der Waals surface area contributed by atoms with Crippen LogP contribution in [0.15, 0.2) is 6.33 Å². The number of carbonyl (C=O) groups is 2. The third-order valence-electron chi connectivity index (χ3n) is 3.73. The molecule has 2 unspecified atom stereocenters. The molecule has 8 heteroatoms. The van der Waals surface area contributed by atoms with E-state index in [-0.39, 0.29) is 18.5 Å². The third-order valence-corrected chi connectivity index (χ3v) is 3.73. The van der Waals surface area contributed by atoms with Crippen molar-refractivity contribution in [3.8, 4) is 0 Å². The number of aliphatic carboxylic acids is 1. The van der Waals surface area contributed by atoms with Crippen molar-refractivity contribution in [2.24, 2.45) is 5.41 Å². The van der Waals surface area contributed by atoms with Gasteiger partial charge in [0.15, 0.2) is 0 Å². The first-order chi connectivity index (χ1) is 9.02. The summed E-state index contributed by atoms with van der Waals surface area (Å²) in [6, 6.07) is -0.345. The van der Waals surface area contributed by atoms with Crippen LogP contribution in [0, 0.1) is 5.41 Å². The zero-order valence-corrected chi connectivity index (χ0v) is 10.7. The van der Waals surface area contributed by atoms with Crippen LogP contribution in [0.1, 0.15) is 32.6 Å². The molecule has 1 fully saturated rings. The molecule has 1 aromatic rings. The summed E-state index contributed by atoms with van der Waals surface area (Å²) in [4.78, 5) is 23.3. The molecule has 0 saturated heterocycles. The van der Waals surface area contributed by atoms with Gasteiger partial charge in [0.05, 0.1) is 5.41 Å². The number of hydrogen-bond acceptors (Lipinski definition) is 5. The smallest absolute Gasteiger partial charge is 0.311 e. The molecule has 2 N–H and O–H groups in total. The fourth-order valence-corrected chi connectivity index (χ4v) is 2.46. The Morgan fingerprint density at radius 1 is 1.53 bits per heavy atom. The molecule has 1 heterocycles. The van der Waals surface area contributed by atoms with E-state index in [1.54, 1.807) is 6.92 Å². The second-order valence-corrected chi connectivity index (χ2v) is 5.10. The van der Waals surface area contributed by atoms with Gasteiger partial charge >= 0.3 is 5.97 Å². The molecule has 1 aliphatic rings. The fourth-order valence-electron chi connectivity index (χ4n) is 2.46. The van der Waals surface area contributed by atoms with Crippen LogP contribution in [0.3, 0.4) is 0 Å². The molecule has 2 rings (SSSR count). The summed E-state index contributed by atoms with van der Waals surface area (Å²) in [7, 11) is 0. The molecule has 1 amide bonds. The largest absolute Gasteiger partial charge is 0.481 e. The average Bonchev–Trinajstić information content (AvgIpc) is 2.84. The maximum atomic E-state index is 11.9. The predicted octanol–water partition coefficient (Wildman–Crippen LogP) is -0.177. The van der Waals surface area contributed by atoms with Crippen LogP contribution in [0.4, 0.5) is 0 Å². The van der Waals surface area contributed by atoms with E-state index in [2.05, 4.69) is 20.8 Å². The molecule has 0 spiro atoms. The lowest BCUT2D eigenvalue weighted by Gasteiger charge is -2.38. The number of tetrazole rings is 1. The Morgan fingerprint density at radius 2 is 2.32 bits per heavy atom. The van der Waals surface area contributed by atoms with Crippen LogP contribution in [-0.2, 0) is 16.1 Å². The number of carbonyl (C=O) groups excluding carboxylic acids is 1. The quantitative estimate of drug-likeness (QED) is 0.783. The summed E-state index contributed by atoms with van der Waals surface area (Å²) in [5.74, 6) is -1.13. The third kappa shape index (κ3) is 2.88. The topological polar surface area (TPSA) is 110 Å². The molecule has 8 nitrogen and oxygen atoms in total. The number of nitrogens with zero attached hydrogens (tertiary/aromatic N) is 4. The van der Waals surface area contributed by atoms with Gasteiger partial charge in [-0.2, -0.15) is 0 Å². The van der Waals surface area contributed by atoms with Crippen LogP contribution < -0.4 is 5.32 Å². The molecule has 0 radical (unpaired) electrons. The van der Waals surface area contributed by atoms with Crippen LogP contribution in [0.5, 0.6) is 0 Å². The van der Waals surface area contributed by atoms with Crippen molar-refractivity contribution in [3.05, 3.63) is 6.33 Å². The molecule has 0 aliphatic heterocycles. The molecule has 1 saturated carbocycles. The van der Waals surface area contributed by atoms with Gasteiger partial charge in [0.1, 0.15) is 12.9 Å². The van der Waals surface area contributed by atoms with Crippen molar-refractivity contribution in [1.29, 1.82) is 0 Å². The predicted molar refractivity (Wildman–Crippen MR) is 64.0 cm³/mol. The molecular weight excluding hydrogens is 250 g/mol. The lowest BCUT2D eigenvalue weighted by Crippen LogP contribution is -2.52. The summed E-state index contributed by atoms with van der Waals surface area (Å²) < 4.78 is 1.30. The van der Waals surface area contributed by atoms with E-state index < -0.39 is 11.4 Å². The van der Waals surface area contributed by atoms with Crippen LogP contribution in [0.2, 0.25) is 0 Å². The Hall–Kier alpha value is -1.99. The van der Waals surface area contributed by atoms with Gasteiger partial charge in [0.2, 0.25) is 5.91 Å². The first-order valence-corrected chi connectivity index (χ1v) is 6.26. The van der Waals surface area contributed by atoms with Crippen LogP contribution >= 0.6 is 0 Å².